The highest BCUT2D eigenvalue weighted by atomic mass is 16.5. The molecule has 0 radical (unpaired) electrons. The number of aromatic nitrogens is 3. The summed E-state index contributed by atoms with van der Waals surface area (Å²) in [5, 5.41) is 0. The van der Waals surface area contributed by atoms with E-state index in [9.17, 15) is 9.59 Å². The standard InChI is InChI=1S/C22H20N4O3/c1-29-19-12-17-16(11-15(19)22(28)25-9-5-6-10-25)24-21(27)18-13-23-20(26(17)18)14-7-3-2-4-8-14/h2-4,7-8,11-13H,5-6,9-10H2,1H3,(H,24,27). The van der Waals surface area contributed by atoms with Crippen molar-refractivity contribution < 1.29 is 9.53 Å². The van der Waals surface area contributed by atoms with Gasteiger partial charge in [0.25, 0.3) is 11.5 Å². The van der Waals surface area contributed by atoms with Gasteiger partial charge in [-0.15, -0.1) is 0 Å². The van der Waals surface area contributed by atoms with E-state index in [1.54, 1.807) is 25.4 Å². The van der Waals surface area contributed by atoms with E-state index in [4.69, 9.17) is 4.74 Å². The molecule has 7 nitrogen and oxygen atoms in total. The van der Waals surface area contributed by atoms with Crippen LogP contribution < -0.4 is 10.3 Å². The summed E-state index contributed by atoms with van der Waals surface area (Å²) in [7, 11) is 1.55. The topological polar surface area (TPSA) is 79.7 Å². The Bertz CT molecular complexity index is 1280. The number of hydrogen-bond donors (Lipinski definition) is 1. The predicted octanol–water partition coefficient (Wildman–Crippen LogP) is 3.09. The molecule has 0 bridgehead atoms. The summed E-state index contributed by atoms with van der Waals surface area (Å²) in [6.07, 6.45) is 3.58. The average molecular weight is 388 g/mol. The van der Waals surface area contributed by atoms with E-state index in [0.29, 0.717) is 28.2 Å². The molecule has 5 rings (SSSR count). The van der Waals surface area contributed by atoms with Crippen molar-refractivity contribution in [2.45, 2.75) is 12.8 Å². The third-order valence-corrected chi connectivity index (χ3v) is 5.46. The van der Waals surface area contributed by atoms with Crippen LogP contribution in [0.3, 0.4) is 0 Å². The van der Waals surface area contributed by atoms with Gasteiger partial charge in [0.15, 0.2) is 0 Å². The summed E-state index contributed by atoms with van der Waals surface area (Å²) >= 11 is 0. The van der Waals surface area contributed by atoms with Gasteiger partial charge in [0, 0.05) is 24.7 Å². The minimum Gasteiger partial charge on any atom is -0.496 e. The van der Waals surface area contributed by atoms with Crippen molar-refractivity contribution in [1.82, 2.24) is 19.3 Å². The lowest BCUT2D eigenvalue weighted by Gasteiger charge is -2.18. The fourth-order valence-corrected chi connectivity index (χ4v) is 4.01. The van der Waals surface area contributed by atoms with Crippen LogP contribution in [0.25, 0.3) is 27.9 Å². The Morgan fingerprint density at radius 3 is 2.59 bits per heavy atom. The molecule has 3 heterocycles. The second-order valence-electron chi connectivity index (χ2n) is 7.19. The number of ether oxygens (including phenoxy) is 1. The van der Waals surface area contributed by atoms with Crippen molar-refractivity contribution in [2.75, 3.05) is 20.2 Å². The number of nitrogens with one attached hydrogen (secondary N) is 1. The van der Waals surface area contributed by atoms with Crippen LogP contribution in [-0.4, -0.2) is 45.4 Å². The Hall–Kier alpha value is -3.61. The van der Waals surface area contributed by atoms with Gasteiger partial charge in [-0.05, 0) is 18.9 Å². The molecule has 1 saturated heterocycles. The van der Waals surface area contributed by atoms with E-state index in [1.807, 2.05) is 39.6 Å². The molecule has 4 aromatic rings. The molecule has 2 aromatic heterocycles. The molecule has 0 saturated carbocycles. The number of fused-ring (bicyclic) bond motifs is 3. The SMILES string of the molecule is COc1cc2c(cc1C(=O)N1CCCC1)[nH]c(=O)c1cnc(-c3ccccc3)n12. The first-order valence-electron chi connectivity index (χ1n) is 9.63. The van der Waals surface area contributed by atoms with Gasteiger partial charge < -0.3 is 14.6 Å². The van der Waals surface area contributed by atoms with E-state index < -0.39 is 0 Å². The van der Waals surface area contributed by atoms with E-state index in [0.717, 1.165) is 37.0 Å². The highest BCUT2D eigenvalue weighted by Gasteiger charge is 2.24. The summed E-state index contributed by atoms with van der Waals surface area (Å²) in [6.45, 7) is 1.49. The number of rotatable bonds is 3. The first kappa shape index (κ1) is 17.5. The third-order valence-electron chi connectivity index (χ3n) is 5.46. The minimum absolute atomic E-state index is 0.0730. The summed E-state index contributed by atoms with van der Waals surface area (Å²) in [6, 6.07) is 13.2. The summed E-state index contributed by atoms with van der Waals surface area (Å²) in [4.78, 5) is 34.9. The van der Waals surface area contributed by atoms with Gasteiger partial charge in [-0.1, -0.05) is 30.3 Å². The molecular formula is C22H20N4O3. The van der Waals surface area contributed by atoms with Crippen LogP contribution in [0, 0.1) is 0 Å². The molecule has 1 fully saturated rings. The molecular weight excluding hydrogens is 368 g/mol. The maximum atomic E-state index is 13.0. The summed E-state index contributed by atoms with van der Waals surface area (Å²) < 4.78 is 7.38. The minimum atomic E-state index is -0.253. The second-order valence-corrected chi connectivity index (χ2v) is 7.19. The number of benzene rings is 2. The lowest BCUT2D eigenvalue weighted by Crippen LogP contribution is -2.28. The van der Waals surface area contributed by atoms with Gasteiger partial charge in [-0.3, -0.25) is 14.0 Å². The zero-order valence-corrected chi connectivity index (χ0v) is 16.0. The largest absolute Gasteiger partial charge is 0.496 e. The quantitative estimate of drug-likeness (QED) is 0.585. The number of H-pyrrole nitrogens is 1. The van der Waals surface area contributed by atoms with Crippen LogP contribution in [0.5, 0.6) is 5.75 Å². The van der Waals surface area contributed by atoms with E-state index in [2.05, 4.69) is 9.97 Å². The van der Waals surface area contributed by atoms with E-state index in [1.165, 1.54) is 0 Å². The Labute approximate surface area is 166 Å². The van der Waals surface area contributed by atoms with Crippen LogP contribution in [0.1, 0.15) is 23.2 Å². The van der Waals surface area contributed by atoms with Crippen LogP contribution in [0.15, 0.2) is 53.5 Å². The Morgan fingerprint density at radius 2 is 1.86 bits per heavy atom. The number of hydrogen-bond acceptors (Lipinski definition) is 4. The number of likely N-dealkylation sites (tertiary alicyclic amines) is 1. The van der Waals surface area contributed by atoms with E-state index in [-0.39, 0.29) is 11.5 Å². The lowest BCUT2D eigenvalue weighted by molar-refractivity contribution is 0.0789. The summed E-state index contributed by atoms with van der Waals surface area (Å²) in [5.74, 6) is 1.07. The molecule has 1 aliphatic rings. The van der Waals surface area contributed by atoms with Crippen molar-refractivity contribution in [2.24, 2.45) is 0 Å². The van der Waals surface area contributed by atoms with Gasteiger partial charge in [0.2, 0.25) is 0 Å². The highest BCUT2D eigenvalue weighted by Crippen LogP contribution is 2.29. The second kappa shape index (κ2) is 6.77. The molecule has 2 aromatic carbocycles. The van der Waals surface area contributed by atoms with Gasteiger partial charge in [-0.25, -0.2) is 4.98 Å². The van der Waals surface area contributed by atoms with Gasteiger partial charge >= 0.3 is 0 Å². The molecule has 29 heavy (non-hydrogen) atoms. The molecule has 7 heteroatoms. The van der Waals surface area contributed by atoms with E-state index >= 15 is 0 Å². The normalized spacial score (nSPS) is 14.0. The molecule has 1 N–H and O–H groups in total. The molecule has 0 unspecified atom stereocenters. The fourth-order valence-electron chi connectivity index (χ4n) is 4.01. The number of amides is 1. The van der Waals surface area contributed by atoms with Crippen LogP contribution in [-0.2, 0) is 0 Å². The van der Waals surface area contributed by atoms with Crippen molar-refractivity contribution in [3.63, 3.8) is 0 Å². The molecule has 1 aliphatic heterocycles. The van der Waals surface area contributed by atoms with Crippen LogP contribution in [0.2, 0.25) is 0 Å². The Kier molecular flexibility index (Phi) is 4.08. The molecule has 146 valence electrons. The maximum Gasteiger partial charge on any atom is 0.274 e. The molecule has 0 atom stereocenters. The molecule has 0 aliphatic carbocycles. The maximum absolute atomic E-state index is 13.0. The molecule has 1 amide bonds. The monoisotopic (exact) mass is 388 g/mol. The zero-order chi connectivity index (χ0) is 20.0. The number of carbonyl (C=O) groups excluding carboxylic acids is 1. The van der Waals surface area contributed by atoms with Crippen LogP contribution in [0.4, 0.5) is 0 Å². The third kappa shape index (κ3) is 2.77. The number of carbonyl (C=O) groups is 1. The van der Waals surface area contributed by atoms with Gasteiger partial charge in [0.1, 0.15) is 17.1 Å². The lowest BCUT2D eigenvalue weighted by atomic mass is 10.1. The number of methoxy groups -OCH3 is 1. The zero-order valence-electron chi connectivity index (χ0n) is 16.0. The smallest absolute Gasteiger partial charge is 0.274 e. The van der Waals surface area contributed by atoms with Gasteiger partial charge in [-0.2, -0.15) is 0 Å². The van der Waals surface area contributed by atoms with Crippen molar-refractivity contribution in [3.05, 3.63) is 64.6 Å². The number of nitrogens with zero attached hydrogens (tertiary/aromatic N) is 3. The number of imidazole rings is 1. The highest BCUT2D eigenvalue weighted by molar-refractivity contribution is 6.01. The average Bonchev–Trinajstić information content (AvgIpc) is 3.44. The Morgan fingerprint density at radius 1 is 1.10 bits per heavy atom. The fraction of sp³-hybridized carbons (Fsp3) is 0.227. The van der Waals surface area contributed by atoms with Crippen molar-refractivity contribution in [1.29, 1.82) is 0 Å². The van der Waals surface area contributed by atoms with Crippen molar-refractivity contribution >= 4 is 22.5 Å². The molecule has 0 spiro atoms. The van der Waals surface area contributed by atoms with Crippen LogP contribution >= 0.6 is 0 Å². The predicted molar refractivity (Wildman–Crippen MR) is 110 cm³/mol. The first-order valence-corrected chi connectivity index (χ1v) is 9.63. The summed E-state index contributed by atoms with van der Waals surface area (Å²) in [5.41, 5.74) is 2.84. The van der Waals surface area contributed by atoms with Gasteiger partial charge in [0.05, 0.1) is 29.9 Å². The first-order chi connectivity index (χ1) is 14.2. The van der Waals surface area contributed by atoms with Crippen molar-refractivity contribution in [3.8, 4) is 17.1 Å². The number of aromatic amines is 1. The Balaban J connectivity index is 1.78.